The maximum absolute atomic E-state index is 3.19. The molecule has 0 aliphatic heterocycles. The first kappa shape index (κ1) is 13.3. The topological polar surface area (TPSA) is 12.0 Å². The summed E-state index contributed by atoms with van der Waals surface area (Å²) in [5.41, 5.74) is 0.439. The number of hydrogen-bond acceptors (Lipinski definition) is 1. The molecule has 1 N–H and O–H groups in total. The normalized spacial score (nSPS) is 10.7. The van der Waals surface area contributed by atoms with Gasteiger partial charge in [0.05, 0.1) is 0 Å². The Hall–Kier alpha value is -0.300. The molecule has 0 unspecified atom stereocenters. The highest BCUT2D eigenvalue weighted by Gasteiger charge is 2.20. The third-order valence-electron chi connectivity index (χ3n) is 2.20. The van der Waals surface area contributed by atoms with Crippen LogP contribution in [0, 0.1) is 11.3 Å². The SMILES string of the molecule is C=C.CNCC(C)(C)C(C)C.[HH]. The molecule has 0 saturated carbocycles. The molecule has 0 aromatic carbocycles. The number of hydrogen-bond donors (Lipinski definition) is 1. The minimum atomic E-state index is 0. The van der Waals surface area contributed by atoms with E-state index in [2.05, 4.69) is 46.2 Å². The second-order valence-electron chi connectivity index (χ2n) is 3.67. The predicted octanol–water partition coefficient (Wildman–Crippen LogP) is 2.94. The highest BCUT2D eigenvalue weighted by molar-refractivity contribution is 4.73. The summed E-state index contributed by atoms with van der Waals surface area (Å²) in [6.07, 6.45) is 0. The monoisotopic (exact) mass is 159 g/mol. The second-order valence-corrected chi connectivity index (χ2v) is 3.67. The van der Waals surface area contributed by atoms with Crippen LogP contribution in [0.1, 0.15) is 29.1 Å². The zero-order chi connectivity index (χ0) is 9.49. The molecule has 0 aromatic rings. The van der Waals surface area contributed by atoms with Crippen LogP contribution in [0.4, 0.5) is 0 Å². The lowest BCUT2D eigenvalue weighted by Gasteiger charge is -2.28. The Morgan fingerprint density at radius 1 is 1.36 bits per heavy atom. The highest BCUT2D eigenvalue weighted by Crippen LogP contribution is 2.24. The van der Waals surface area contributed by atoms with Crippen molar-refractivity contribution in [3.8, 4) is 0 Å². The van der Waals surface area contributed by atoms with E-state index >= 15 is 0 Å². The Labute approximate surface area is 73.4 Å². The van der Waals surface area contributed by atoms with Crippen molar-refractivity contribution in [2.24, 2.45) is 11.3 Å². The van der Waals surface area contributed by atoms with Crippen LogP contribution in [0.15, 0.2) is 13.2 Å². The van der Waals surface area contributed by atoms with Crippen molar-refractivity contribution in [1.29, 1.82) is 0 Å². The zero-order valence-electron chi connectivity index (χ0n) is 8.70. The van der Waals surface area contributed by atoms with Gasteiger partial charge in [0.15, 0.2) is 0 Å². The lowest BCUT2D eigenvalue weighted by Crippen LogP contribution is -2.31. The van der Waals surface area contributed by atoms with Gasteiger partial charge in [0, 0.05) is 7.97 Å². The summed E-state index contributed by atoms with van der Waals surface area (Å²) in [6.45, 7) is 16.2. The molecule has 0 radical (unpaired) electrons. The average Bonchev–Trinajstić information content (AvgIpc) is 1.92. The molecule has 1 nitrogen and oxygen atoms in total. The standard InChI is InChI=1S/C8H19N.C2H4.H2/c1-7(2)8(3,4)6-9-5;1-2;/h7,9H,6H2,1-5H3;1-2H2;1H. The quantitative estimate of drug-likeness (QED) is 0.624. The Balaban J connectivity index is -0.000000249. The molecule has 0 amide bonds. The molecule has 0 saturated heterocycles. The molecule has 0 atom stereocenters. The molecule has 0 aliphatic rings. The molecule has 11 heavy (non-hydrogen) atoms. The minimum absolute atomic E-state index is 0. The first-order valence-corrected chi connectivity index (χ1v) is 4.15. The fourth-order valence-corrected chi connectivity index (χ4v) is 0.660. The van der Waals surface area contributed by atoms with Crippen molar-refractivity contribution >= 4 is 0 Å². The molecule has 0 heterocycles. The van der Waals surface area contributed by atoms with E-state index in [-0.39, 0.29) is 1.43 Å². The van der Waals surface area contributed by atoms with Crippen LogP contribution < -0.4 is 5.32 Å². The fourth-order valence-electron chi connectivity index (χ4n) is 0.660. The minimum Gasteiger partial charge on any atom is -0.319 e. The van der Waals surface area contributed by atoms with Gasteiger partial charge in [-0.05, 0) is 18.4 Å². The maximum Gasteiger partial charge on any atom is 0.000196 e. The highest BCUT2D eigenvalue weighted by atomic mass is 14.8. The second kappa shape index (κ2) is 6.41. The molecule has 0 rings (SSSR count). The van der Waals surface area contributed by atoms with E-state index < -0.39 is 0 Å². The van der Waals surface area contributed by atoms with Crippen LogP contribution >= 0.6 is 0 Å². The summed E-state index contributed by atoms with van der Waals surface area (Å²) < 4.78 is 0. The van der Waals surface area contributed by atoms with E-state index in [1.54, 1.807) is 0 Å². The van der Waals surface area contributed by atoms with Gasteiger partial charge in [-0.2, -0.15) is 0 Å². The Morgan fingerprint density at radius 3 is 1.82 bits per heavy atom. The summed E-state index contributed by atoms with van der Waals surface area (Å²) in [5, 5.41) is 3.19. The summed E-state index contributed by atoms with van der Waals surface area (Å²) in [7, 11) is 2.00. The summed E-state index contributed by atoms with van der Waals surface area (Å²) >= 11 is 0. The third kappa shape index (κ3) is 6.11. The summed E-state index contributed by atoms with van der Waals surface area (Å²) in [5.74, 6) is 0.755. The van der Waals surface area contributed by atoms with Crippen molar-refractivity contribution in [1.82, 2.24) is 5.32 Å². The summed E-state index contributed by atoms with van der Waals surface area (Å²) in [6, 6.07) is 0. The van der Waals surface area contributed by atoms with Gasteiger partial charge in [0.2, 0.25) is 0 Å². The van der Waals surface area contributed by atoms with Crippen molar-refractivity contribution < 1.29 is 1.43 Å². The Morgan fingerprint density at radius 2 is 1.73 bits per heavy atom. The Kier molecular flexibility index (Phi) is 7.75. The van der Waals surface area contributed by atoms with Crippen LogP contribution in [0.2, 0.25) is 0 Å². The molecular weight excluding hydrogens is 134 g/mol. The summed E-state index contributed by atoms with van der Waals surface area (Å²) in [4.78, 5) is 0. The van der Waals surface area contributed by atoms with Crippen LogP contribution in [-0.2, 0) is 0 Å². The third-order valence-corrected chi connectivity index (χ3v) is 2.20. The largest absolute Gasteiger partial charge is 0.319 e. The van der Waals surface area contributed by atoms with Crippen molar-refractivity contribution in [3.05, 3.63) is 13.2 Å². The molecule has 1 heteroatoms. The lowest BCUT2D eigenvalue weighted by atomic mass is 9.81. The van der Waals surface area contributed by atoms with Crippen LogP contribution in [0.25, 0.3) is 0 Å². The van der Waals surface area contributed by atoms with Crippen LogP contribution in [-0.4, -0.2) is 13.6 Å². The van der Waals surface area contributed by atoms with Gasteiger partial charge in [-0.15, -0.1) is 13.2 Å². The van der Waals surface area contributed by atoms with Crippen molar-refractivity contribution in [2.75, 3.05) is 13.6 Å². The van der Waals surface area contributed by atoms with E-state index in [1.807, 2.05) is 7.05 Å². The van der Waals surface area contributed by atoms with Gasteiger partial charge in [0.1, 0.15) is 0 Å². The zero-order valence-corrected chi connectivity index (χ0v) is 8.70. The van der Waals surface area contributed by atoms with E-state index in [0.717, 1.165) is 12.5 Å². The van der Waals surface area contributed by atoms with Crippen molar-refractivity contribution in [3.63, 3.8) is 0 Å². The fraction of sp³-hybridized carbons (Fsp3) is 0.800. The van der Waals surface area contributed by atoms with Gasteiger partial charge in [-0.1, -0.05) is 27.7 Å². The molecule has 0 fully saturated rings. The molecule has 0 bridgehead atoms. The van der Waals surface area contributed by atoms with Gasteiger partial charge >= 0.3 is 0 Å². The van der Waals surface area contributed by atoms with E-state index in [1.165, 1.54) is 0 Å². The van der Waals surface area contributed by atoms with E-state index in [4.69, 9.17) is 0 Å². The molecule has 0 spiro atoms. The molecule has 0 aromatic heterocycles. The van der Waals surface area contributed by atoms with Gasteiger partial charge in [-0.3, -0.25) is 0 Å². The number of rotatable bonds is 3. The van der Waals surface area contributed by atoms with Crippen LogP contribution in [0.3, 0.4) is 0 Å². The van der Waals surface area contributed by atoms with Crippen LogP contribution in [0.5, 0.6) is 0 Å². The lowest BCUT2D eigenvalue weighted by molar-refractivity contribution is 0.244. The first-order chi connectivity index (χ1) is 5.00. The number of nitrogens with one attached hydrogen (secondary N) is 1. The average molecular weight is 159 g/mol. The van der Waals surface area contributed by atoms with E-state index in [9.17, 15) is 0 Å². The predicted molar refractivity (Wildman–Crippen MR) is 55.9 cm³/mol. The first-order valence-electron chi connectivity index (χ1n) is 4.15. The maximum atomic E-state index is 3.19. The molecular formula is C10H25N. The molecule has 70 valence electrons. The van der Waals surface area contributed by atoms with Gasteiger partial charge < -0.3 is 5.32 Å². The van der Waals surface area contributed by atoms with Gasteiger partial charge in [0.25, 0.3) is 0 Å². The van der Waals surface area contributed by atoms with Gasteiger partial charge in [-0.25, -0.2) is 0 Å². The molecule has 0 aliphatic carbocycles. The Bertz CT molecular complexity index is 89.8. The smallest absolute Gasteiger partial charge is 0.000196 e. The van der Waals surface area contributed by atoms with Crippen molar-refractivity contribution in [2.45, 2.75) is 27.7 Å². The van der Waals surface area contributed by atoms with E-state index in [0.29, 0.717) is 5.41 Å².